The van der Waals surface area contributed by atoms with Crippen molar-refractivity contribution < 1.29 is 9.53 Å². The summed E-state index contributed by atoms with van der Waals surface area (Å²) >= 11 is 0. The van der Waals surface area contributed by atoms with Gasteiger partial charge in [-0.2, -0.15) is 0 Å². The van der Waals surface area contributed by atoms with Gasteiger partial charge in [-0.3, -0.25) is 4.79 Å². The highest BCUT2D eigenvalue weighted by Gasteiger charge is 2.43. The van der Waals surface area contributed by atoms with Gasteiger partial charge in [-0.25, -0.2) is 0 Å². The first kappa shape index (κ1) is 10.5. The molecule has 0 aromatic rings. The maximum atomic E-state index is 11.7. The number of Topliss-reactive ketones (excluding diaryl/α,β-unsaturated/α-hetero) is 1. The molecule has 0 aromatic heterocycles. The van der Waals surface area contributed by atoms with Gasteiger partial charge in [0, 0.05) is 13.5 Å². The number of unbranched alkanes of at least 4 members (excludes halogenated alkanes) is 1. The van der Waals surface area contributed by atoms with Crippen LogP contribution in [0.3, 0.4) is 0 Å². The second-order valence-corrected chi connectivity index (χ2v) is 3.66. The second-order valence-electron chi connectivity index (χ2n) is 3.66. The number of ether oxygens (including phenoxy) is 1. The monoisotopic (exact) mass is 182 g/mol. The normalized spacial score (nSPS) is 19.2. The van der Waals surface area contributed by atoms with Crippen molar-refractivity contribution in [3.63, 3.8) is 0 Å². The van der Waals surface area contributed by atoms with Crippen molar-refractivity contribution in [3.8, 4) is 0 Å². The van der Waals surface area contributed by atoms with E-state index in [0.717, 1.165) is 32.1 Å². The summed E-state index contributed by atoms with van der Waals surface area (Å²) in [6.07, 6.45) is 7.28. The van der Waals surface area contributed by atoms with Crippen molar-refractivity contribution in [1.82, 2.24) is 0 Å². The van der Waals surface area contributed by atoms with Gasteiger partial charge in [0.15, 0.2) is 5.78 Å². The van der Waals surface area contributed by atoms with E-state index in [2.05, 4.69) is 6.58 Å². The number of carbonyl (C=O) groups is 1. The lowest BCUT2D eigenvalue weighted by Crippen LogP contribution is -2.46. The first-order valence-corrected chi connectivity index (χ1v) is 4.94. The van der Waals surface area contributed by atoms with Gasteiger partial charge in [0.05, 0.1) is 0 Å². The molecule has 0 amide bonds. The number of allylic oxidation sites excluding steroid dienone is 1. The van der Waals surface area contributed by atoms with Crippen LogP contribution in [0.4, 0.5) is 0 Å². The molecule has 2 nitrogen and oxygen atoms in total. The van der Waals surface area contributed by atoms with Crippen LogP contribution in [-0.4, -0.2) is 18.5 Å². The van der Waals surface area contributed by atoms with Gasteiger partial charge < -0.3 is 4.74 Å². The van der Waals surface area contributed by atoms with E-state index in [4.69, 9.17) is 4.74 Å². The van der Waals surface area contributed by atoms with E-state index in [1.807, 2.05) is 6.08 Å². The Bertz CT molecular complexity index is 187. The van der Waals surface area contributed by atoms with Crippen LogP contribution in [0.1, 0.15) is 38.5 Å². The Morgan fingerprint density at radius 1 is 1.62 bits per heavy atom. The summed E-state index contributed by atoms with van der Waals surface area (Å²) in [6, 6.07) is 0. The molecule has 0 unspecified atom stereocenters. The fraction of sp³-hybridized carbons (Fsp3) is 0.727. The molecule has 2 heteroatoms. The highest BCUT2D eigenvalue weighted by atomic mass is 16.5. The lowest BCUT2D eigenvalue weighted by molar-refractivity contribution is -0.151. The van der Waals surface area contributed by atoms with E-state index in [0.29, 0.717) is 6.42 Å². The third-order valence-corrected chi connectivity index (χ3v) is 2.87. The average molecular weight is 182 g/mol. The van der Waals surface area contributed by atoms with E-state index >= 15 is 0 Å². The quantitative estimate of drug-likeness (QED) is 0.466. The highest BCUT2D eigenvalue weighted by Crippen LogP contribution is 2.36. The van der Waals surface area contributed by atoms with Crippen molar-refractivity contribution in [3.05, 3.63) is 12.7 Å². The van der Waals surface area contributed by atoms with Gasteiger partial charge in [-0.15, -0.1) is 6.58 Å². The zero-order valence-corrected chi connectivity index (χ0v) is 8.34. The molecule has 0 bridgehead atoms. The number of hydrogen-bond acceptors (Lipinski definition) is 2. The van der Waals surface area contributed by atoms with Crippen molar-refractivity contribution in [2.45, 2.75) is 44.1 Å². The molecule has 0 N–H and O–H groups in total. The summed E-state index contributed by atoms with van der Waals surface area (Å²) in [7, 11) is 1.64. The zero-order chi connectivity index (χ0) is 9.73. The predicted octanol–water partition coefficient (Wildman–Crippen LogP) is 2.48. The molecule has 0 aliphatic heterocycles. The van der Waals surface area contributed by atoms with Crippen LogP contribution in [-0.2, 0) is 9.53 Å². The molecule has 1 saturated carbocycles. The van der Waals surface area contributed by atoms with Crippen LogP contribution >= 0.6 is 0 Å². The molecule has 74 valence electrons. The van der Waals surface area contributed by atoms with E-state index < -0.39 is 5.60 Å². The first-order chi connectivity index (χ1) is 6.25. The molecular weight excluding hydrogens is 164 g/mol. The topological polar surface area (TPSA) is 26.3 Å². The molecule has 1 fully saturated rings. The molecule has 0 spiro atoms. The van der Waals surface area contributed by atoms with Gasteiger partial charge in [-0.05, 0) is 32.1 Å². The molecular formula is C11H18O2. The molecule has 0 aromatic carbocycles. The van der Waals surface area contributed by atoms with Crippen LogP contribution in [0.5, 0.6) is 0 Å². The number of carbonyl (C=O) groups excluding carboxylic acids is 1. The van der Waals surface area contributed by atoms with Crippen LogP contribution < -0.4 is 0 Å². The molecule has 1 aliphatic carbocycles. The van der Waals surface area contributed by atoms with Gasteiger partial charge in [0.25, 0.3) is 0 Å². The van der Waals surface area contributed by atoms with Crippen LogP contribution in [0.25, 0.3) is 0 Å². The standard InChI is InChI=1S/C11H18O2/c1-3-4-5-7-10(12)11(13-2)8-6-9-11/h3H,1,4-9H2,2H3. The minimum Gasteiger partial charge on any atom is -0.370 e. The van der Waals surface area contributed by atoms with Crippen LogP contribution in [0.2, 0.25) is 0 Å². The predicted molar refractivity (Wildman–Crippen MR) is 52.6 cm³/mol. The summed E-state index contributed by atoms with van der Waals surface area (Å²) in [6.45, 7) is 3.63. The Hall–Kier alpha value is -0.630. The van der Waals surface area contributed by atoms with Crippen molar-refractivity contribution in [2.24, 2.45) is 0 Å². The van der Waals surface area contributed by atoms with Gasteiger partial charge >= 0.3 is 0 Å². The Balaban J connectivity index is 2.32. The van der Waals surface area contributed by atoms with Gasteiger partial charge in [-0.1, -0.05) is 6.08 Å². The van der Waals surface area contributed by atoms with Gasteiger partial charge in [0.1, 0.15) is 5.60 Å². The van der Waals surface area contributed by atoms with E-state index in [-0.39, 0.29) is 5.78 Å². The molecule has 0 atom stereocenters. The third kappa shape index (κ3) is 2.19. The minimum absolute atomic E-state index is 0.281. The lowest BCUT2D eigenvalue weighted by atomic mass is 9.75. The maximum absolute atomic E-state index is 11.7. The summed E-state index contributed by atoms with van der Waals surface area (Å²) < 4.78 is 5.29. The summed E-state index contributed by atoms with van der Waals surface area (Å²) in [4.78, 5) is 11.7. The molecule has 13 heavy (non-hydrogen) atoms. The third-order valence-electron chi connectivity index (χ3n) is 2.87. The van der Waals surface area contributed by atoms with Crippen LogP contribution in [0, 0.1) is 0 Å². The number of ketones is 1. The number of hydrogen-bond donors (Lipinski definition) is 0. The van der Waals surface area contributed by atoms with Gasteiger partial charge in [0.2, 0.25) is 0 Å². The SMILES string of the molecule is C=CCCCC(=O)C1(OC)CCC1. The molecule has 1 rings (SSSR count). The Morgan fingerprint density at radius 3 is 2.69 bits per heavy atom. The van der Waals surface area contributed by atoms with E-state index in [1.165, 1.54) is 0 Å². The van der Waals surface area contributed by atoms with E-state index in [9.17, 15) is 4.79 Å². The number of rotatable bonds is 6. The largest absolute Gasteiger partial charge is 0.370 e. The average Bonchev–Trinajstić information content (AvgIpc) is 2.04. The van der Waals surface area contributed by atoms with Crippen molar-refractivity contribution in [2.75, 3.05) is 7.11 Å². The fourth-order valence-electron chi connectivity index (χ4n) is 1.73. The summed E-state index contributed by atoms with van der Waals surface area (Å²) in [5, 5.41) is 0. The van der Waals surface area contributed by atoms with E-state index in [1.54, 1.807) is 7.11 Å². The lowest BCUT2D eigenvalue weighted by Gasteiger charge is -2.38. The summed E-state index contributed by atoms with van der Waals surface area (Å²) in [5.74, 6) is 0.281. The smallest absolute Gasteiger partial charge is 0.164 e. The highest BCUT2D eigenvalue weighted by molar-refractivity contribution is 5.88. The molecule has 0 saturated heterocycles. The first-order valence-electron chi connectivity index (χ1n) is 4.94. The Morgan fingerprint density at radius 2 is 2.31 bits per heavy atom. The zero-order valence-electron chi connectivity index (χ0n) is 8.34. The van der Waals surface area contributed by atoms with Crippen LogP contribution in [0.15, 0.2) is 12.7 Å². The molecule has 1 aliphatic rings. The van der Waals surface area contributed by atoms with Crippen molar-refractivity contribution >= 4 is 5.78 Å². The Kier molecular flexibility index (Phi) is 3.67. The summed E-state index contributed by atoms with van der Waals surface area (Å²) in [5.41, 5.74) is -0.402. The maximum Gasteiger partial charge on any atom is 0.164 e. The molecule has 0 heterocycles. The molecule has 0 radical (unpaired) electrons. The number of methoxy groups -OCH3 is 1. The second kappa shape index (κ2) is 4.56. The minimum atomic E-state index is -0.402. The van der Waals surface area contributed by atoms with Crippen molar-refractivity contribution in [1.29, 1.82) is 0 Å². The fourth-order valence-corrected chi connectivity index (χ4v) is 1.73. The Labute approximate surface area is 80.0 Å².